The highest BCUT2D eigenvalue weighted by Gasteiger charge is 2.17. The van der Waals surface area contributed by atoms with Crippen molar-refractivity contribution in [3.63, 3.8) is 0 Å². The molecule has 0 aliphatic heterocycles. The van der Waals surface area contributed by atoms with Crippen LogP contribution in [0.4, 0.5) is 0 Å². The van der Waals surface area contributed by atoms with Gasteiger partial charge in [0.25, 0.3) is 5.91 Å². The number of aliphatic hydroxyl groups excluding tert-OH is 1. The van der Waals surface area contributed by atoms with E-state index < -0.39 is 0 Å². The van der Waals surface area contributed by atoms with Crippen molar-refractivity contribution in [2.24, 2.45) is 0 Å². The summed E-state index contributed by atoms with van der Waals surface area (Å²) in [5, 5.41) is 16.1. The zero-order valence-corrected chi connectivity index (χ0v) is 12.8. The van der Waals surface area contributed by atoms with E-state index in [4.69, 9.17) is 5.11 Å². The number of nitrogens with one attached hydrogen (secondary N) is 1. The first-order valence-electron chi connectivity index (χ1n) is 7.50. The summed E-state index contributed by atoms with van der Waals surface area (Å²) in [6.45, 7) is 1.88. The molecule has 0 bridgehead atoms. The summed E-state index contributed by atoms with van der Waals surface area (Å²) in [7, 11) is 0. The maximum atomic E-state index is 12.4. The predicted octanol–water partition coefficient (Wildman–Crippen LogP) is 1.90. The van der Waals surface area contributed by atoms with Crippen LogP contribution in [-0.2, 0) is 0 Å². The fourth-order valence-corrected chi connectivity index (χ4v) is 2.45. The van der Waals surface area contributed by atoms with Gasteiger partial charge in [-0.3, -0.25) is 4.79 Å². The lowest BCUT2D eigenvalue weighted by Gasteiger charge is -2.11. The van der Waals surface area contributed by atoms with Gasteiger partial charge in [0.1, 0.15) is 5.56 Å². The fraction of sp³-hybridized carbons (Fsp3) is 0.235. The molecule has 0 spiro atoms. The Morgan fingerprint density at radius 3 is 2.83 bits per heavy atom. The molecule has 3 rings (SSSR count). The largest absolute Gasteiger partial charge is 0.396 e. The average molecular weight is 310 g/mol. The van der Waals surface area contributed by atoms with Crippen molar-refractivity contribution in [2.75, 3.05) is 6.61 Å². The molecule has 118 valence electrons. The number of carbonyl (C=O) groups is 1. The predicted molar refractivity (Wildman–Crippen MR) is 87.1 cm³/mol. The normalized spacial score (nSPS) is 12.3. The minimum absolute atomic E-state index is 0.0343. The van der Waals surface area contributed by atoms with Crippen molar-refractivity contribution >= 4 is 11.6 Å². The number of carbonyl (C=O) groups excluding carboxylic acids is 1. The molecular formula is C17H18N4O2. The van der Waals surface area contributed by atoms with Crippen LogP contribution < -0.4 is 5.32 Å². The monoisotopic (exact) mass is 310 g/mol. The molecule has 6 heteroatoms. The Kier molecular flexibility index (Phi) is 4.34. The lowest BCUT2D eigenvalue weighted by Crippen LogP contribution is -2.33. The van der Waals surface area contributed by atoms with E-state index in [1.165, 1.54) is 6.20 Å². The Morgan fingerprint density at radius 1 is 1.30 bits per heavy atom. The molecule has 23 heavy (non-hydrogen) atoms. The van der Waals surface area contributed by atoms with Crippen molar-refractivity contribution in [1.29, 1.82) is 0 Å². The third-order valence-electron chi connectivity index (χ3n) is 3.66. The number of nitrogens with zero attached hydrogens (tertiary/aromatic N) is 3. The van der Waals surface area contributed by atoms with Gasteiger partial charge in [-0.2, -0.15) is 5.10 Å². The molecule has 0 fully saturated rings. The van der Waals surface area contributed by atoms with Gasteiger partial charge in [-0.15, -0.1) is 0 Å². The molecule has 2 aromatic heterocycles. The van der Waals surface area contributed by atoms with Gasteiger partial charge < -0.3 is 10.4 Å². The quantitative estimate of drug-likeness (QED) is 0.754. The molecule has 1 aromatic carbocycles. The SMILES string of the molecule is CC(CCO)NC(=O)c1cnn2c(-c3ccccc3)ccnc12. The van der Waals surface area contributed by atoms with Crippen molar-refractivity contribution in [3.8, 4) is 11.3 Å². The van der Waals surface area contributed by atoms with Gasteiger partial charge >= 0.3 is 0 Å². The van der Waals surface area contributed by atoms with Crippen molar-refractivity contribution in [2.45, 2.75) is 19.4 Å². The van der Waals surface area contributed by atoms with E-state index in [9.17, 15) is 4.79 Å². The average Bonchev–Trinajstić information content (AvgIpc) is 3.00. The second-order valence-corrected chi connectivity index (χ2v) is 5.38. The summed E-state index contributed by atoms with van der Waals surface area (Å²) in [5.41, 5.74) is 2.81. The molecule has 6 nitrogen and oxygen atoms in total. The Hall–Kier alpha value is -2.73. The van der Waals surface area contributed by atoms with E-state index in [0.29, 0.717) is 17.6 Å². The topological polar surface area (TPSA) is 79.5 Å². The van der Waals surface area contributed by atoms with E-state index in [1.54, 1.807) is 10.7 Å². The fourth-order valence-electron chi connectivity index (χ4n) is 2.45. The van der Waals surface area contributed by atoms with E-state index in [1.807, 2.05) is 43.3 Å². The van der Waals surface area contributed by atoms with E-state index >= 15 is 0 Å². The van der Waals surface area contributed by atoms with Gasteiger partial charge in [0.2, 0.25) is 0 Å². The van der Waals surface area contributed by atoms with Crippen LogP contribution in [0, 0.1) is 0 Å². The number of fused-ring (bicyclic) bond motifs is 1. The van der Waals surface area contributed by atoms with Crippen LogP contribution in [0.2, 0.25) is 0 Å². The zero-order chi connectivity index (χ0) is 16.2. The van der Waals surface area contributed by atoms with Crippen LogP contribution in [0.5, 0.6) is 0 Å². The Labute approximate surface area is 133 Å². The highest BCUT2D eigenvalue weighted by Crippen LogP contribution is 2.20. The van der Waals surface area contributed by atoms with Crippen LogP contribution in [0.3, 0.4) is 0 Å². The summed E-state index contributed by atoms with van der Waals surface area (Å²) in [6.07, 6.45) is 3.71. The molecule has 2 heterocycles. The van der Waals surface area contributed by atoms with Crippen molar-refractivity contribution in [1.82, 2.24) is 19.9 Å². The zero-order valence-electron chi connectivity index (χ0n) is 12.8. The third kappa shape index (κ3) is 3.07. The van der Waals surface area contributed by atoms with E-state index in [2.05, 4.69) is 15.4 Å². The highest BCUT2D eigenvalue weighted by atomic mass is 16.3. The van der Waals surface area contributed by atoms with E-state index in [0.717, 1.165) is 11.3 Å². The maximum absolute atomic E-state index is 12.4. The molecule has 0 aliphatic rings. The molecule has 0 radical (unpaired) electrons. The summed E-state index contributed by atoms with van der Waals surface area (Å²) in [4.78, 5) is 16.7. The van der Waals surface area contributed by atoms with Crippen LogP contribution in [0.25, 0.3) is 16.9 Å². The molecule has 0 aliphatic carbocycles. The van der Waals surface area contributed by atoms with Gasteiger partial charge in [0.15, 0.2) is 5.65 Å². The summed E-state index contributed by atoms with van der Waals surface area (Å²) in [5.74, 6) is -0.237. The maximum Gasteiger partial charge on any atom is 0.256 e. The Balaban J connectivity index is 1.97. The third-order valence-corrected chi connectivity index (χ3v) is 3.66. The van der Waals surface area contributed by atoms with Crippen LogP contribution in [-0.4, -0.2) is 38.3 Å². The van der Waals surface area contributed by atoms with Crippen LogP contribution in [0.15, 0.2) is 48.8 Å². The molecule has 0 saturated carbocycles. The number of hydrogen-bond acceptors (Lipinski definition) is 4. The Morgan fingerprint density at radius 2 is 2.09 bits per heavy atom. The lowest BCUT2D eigenvalue weighted by molar-refractivity contribution is 0.0936. The second kappa shape index (κ2) is 6.58. The molecule has 1 amide bonds. The van der Waals surface area contributed by atoms with Crippen LogP contribution in [0.1, 0.15) is 23.7 Å². The molecule has 0 saturated heterocycles. The summed E-state index contributed by atoms with van der Waals surface area (Å²) in [6, 6.07) is 11.6. The number of aromatic nitrogens is 3. The molecule has 2 N–H and O–H groups in total. The molecular weight excluding hydrogens is 292 g/mol. The smallest absolute Gasteiger partial charge is 0.256 e. The number of amides is 1. The van der Waals surface area contributed by atoms with Gasteiger partial charge in [-0.25, -0.2) is 9.50 Å². The summed E-state index contributed by atoms with van der Waals surface area (Å²) >= 11 is 0. The molecule has 3 aromatic rings. The van der Waals surface area contributed by atoms with E-state index in [-0.39, 0.29) is 18.6 Å². The summed E-state index contributed by atoms with van der Waals surface area (Å²) < 4.78 is 1.67. The highest BCUT2D eigenvalue weighted by molar-refractivity contribution is 6.00. The van der Waals surface area contributed by atoms with Crippen LogP contribution >= 0.6 is 0 Å². The van der Waals surface area contributed by atoms with Gasteiger partial charge in [0, 0.05) is 24.4 Å². The number of aliphatic hydroxyl groups is 1. The first-order chi connectivity index (χ1) is 11.2. The first-order valence-corrected chi connectivity index (χ1v) is 7.50. The first kappa shape index (κ1) is 15.2. The van der Waals surface area contributed by atoms with Gasteiger partial charge in [0.05, 0.1) is 11.9 Å². The minimum atomic E-state index is -0.237. The molecule has 1 unspecified atom stereocenters. The van der Waals surface area contributed by atoms with Crippen molar-refractivity contribution < 1.29 is 9.90 Å². The van der Waals surface area contributed by atoms with Gasteiger partial charge in [-0.1, -0.05) is 30.3 Å². The number of hydrogen-bond donors (Lipinski definition) is 2. The number of rotatable bonds is 5. The minimum Gasteiger partial charge on any atom is -0.396 e. The van der Waals surface area contributed by atoms with Crippen molar-refractivity contribution in [3.05, 3.63) is 54.4 Å². The Bertz CT molecular complexity index is 814. The second-order valence-electron chi connectivity index (χ2n) is 5.38. The lowest BCUT2D eigenvalue weighted by atomic mass is 10.1. The molecule has 1 atom stereocenters. The van der Waals surface area contributed by atoms with Gasteiger partial charge in [-0.05, 0) is 19.4 Å². The number of benzene rings is 1. The standard InChI is InChI=1S/C17H18N4O2/c1-12(8-10-22)20-17(23)14-11-19-21-15(7-9-18-16(14)21)13-5-3-2-4-6-13/h2-7,9,11-12,22H,8,10H2,1H3,(H,20,23).